The lowest BCUT2D eigenvalue weighted by Gasteiger charge is -2.39. The number of nitriles is 1. The zero-order valence-electron chi connectivity index (χ0n) is 28.2. The average molecular weight is 575 g/mol. The van der Waals surface area contributed by atoms with Crippen LogP contribution in [0.4, 0.5) is 0 Å². The molecule has 0 spiro atoms. The van der Waals surface area contributed by atoms with E-state index in [0.717, 1.165) is 63.1 Å². The highest BCUT2D eigenvalue weighted by molar-refractivity contribution is 6.03. The van der Waals surface area contributed by atoms with Gasteiger partial charge in [-0.05, 0) is 83.4 Å². The number of allylic oxidation sites excluding steroid dienone is 11. The quantitative estimate of drug-likeness (QED) is 0.133. The lowest BCUT2D eigenvalue weighted by Crippen LogP contribution is -2.49. The number of nitrogens with zero attached hydrogens (tertiary/aromatic N) is 4. The highest BCUT2D eigenvalue weighted by Crippen LogP contribution is 2.38. The number of carbonyl (C=O) groups is 1. The van der Waals surface area contributed by atoms with Crippen LogP contribution < -0.4 is 0 Å². The Morgan fingerprint density at radius 1 is 1.00 bits per heavy atom. The Kier molecular flexibility index (Phi) is 18.2. The van der Waals surface area contributed by atoms with Crippen LogP contribution in [0.15, 0.2) is 75.6 Å². The first kappa shape index (κ1) is 36.9. The van der Waals surface area contributed by atoms with Gasteiger partial charge in [-0.1, -0.05) is 77.3 Å². The van der Waals surface area contributed by atoms with E-state index < -0.39 is 0 Å². The molecule has 232 valence electrons. The highest BCUT2D eigenvalue weighted by Gasteiger charge is 2.29. The van der Waals surface area contributed by atoms with E-state index >= 15 is 0 Å². The number of rotatable bonds is 12. The molecule has 0 unspecified atom stereocenters. The number of hydrogen-bond acceptors (Lipinski definition) is 4. The maximum Gasteiger partial charge on any atom is 0.225 e. The van der Waals surface area contributed by atoms with Crippen molar-refractivity contribution in [3.63, 3.8) is 0 Å². The molecule has 1 saturated carbocycles. The first-order chi connectivity index (χ1) is 20.1. The summed E-state index contributed by atoms with van der Waals surface area (Å²) in [5, 5.41) is 8.85. The normalized spacial score (nSPS) is 18.2. The van der Waals surface area contributed by atoms with E-state index in [1.807, 2.05) is 49.3 Å². The van der Waals surface area contributed by atoms with E-state index in [0.29, 0.717) is 5.92 Å². The minimum Gasteiger partial charge on any atom is -0.371 e. The molecule has 42 heavy (non-hydrogen) atoms. The fourth-order valence-corrected chi connectivity index (χ4v) is 5.26. The molecule has 0 aromatic carbocycles. The van der Waals surface area contributed by atoms with Crippen LogP contribution in [0.5, 0.6) is 0 Å². The van der Waals surface area contributed by atoms with E-state index in [2.05, 4.69) is 71.6 Å². The monoisotopic (exact) mass is 574 g/mol. The summed E-state index contributed by atoms with van der Waals surface area (Å²) in [7, 11) is 0. The molecule has 1 aliphatic heterocycles. The highest BCUT2D eigenvalue weighted by atomic mass is 16.2. The van der Waals surface area contributed by atoms with Crippen LogP contribution >= 0.6 is 0 Å². The van der Waals surface area contributed by atoms with Gasteiger partial charge in [0.15, 0.2) is 0 Å². The van der Waals surface area contributed by atoms with Crippen molar-refractivity contribution in [2.75, 3.05) is 26.2 Å². The lowest BCUT2D eigenvalue weighted by molar-refractivity contribution is -0.135. The maximum atomic E-state index is 12.3. The van der Waals surface area contributed by atoms with Crippen molar-refractivity contribution in [2.45, 2.75) is 107 Å². The van der Waals surface area contributed by atoms with Gasteiger partial charge in [0, 0.05) is 55.3 Å². The number of carbonyl (C=O) groups excluding carboxylic acids is 1. The van der Waals surface area contributed by atoms with Gasteiger partial charge in [-0.25, -0.2) is 0 Å². The Hall–Kier alpha value is -3.13. The minimum absolute atomic E-state index is 0.0757. The molecule has 0 bridgehead atoms. The molecule has 2 aliphatic rings. The molecule has 2 fully saturated rings. The van der Waals surface area contributed by atoms with Crippen LogP contribution in [0, 0.1) is 23.2 Å². The average Bonchev–Trinajstić information content (AvgIpc) is 2.95. The van der Waals surface area contributed by atoms with Crippen molar-refractivity contribution in [2.24, 2.45) is 16.8 Å². The minimum atomic E-state index is 0.0757. The van der Waals surface area contributed by atoms with Crippen LogP contribution in [0.2, 0.25) is 0 Å². The van der Waals surface area contributed by atoms with Crippen LogP contribution in [0.3, 0.4) is 0 Å². The summed E-state index contributed by atoms with van der Waals surface area (Å²) in [5.74, 6) is 1.01. The molecule has 5 nitrogen and oxygen atoms in total. The predicted molar refractivity (Wildman–Crippen MR) is 181 cm³/mol. The summed E-state index contributed by atoms with van der Waals surface area (Å²) in [6.45, 7) is 22.3. The Morgan fingerprint density at radius 3 is 2.10 bits per heavy atom. The second-order valence-electron chi connectivity index (χ2n) is 11.6. The Morgan fingerprint density at radius 2 is 1.62 bits per heavy atom. The van der Waals surface area contributed by atoms with Gasteiger partial charge < -0.3 is 9.80 Å². The zero-order valence-corrected chi connectivity index (χ0v) is 28.2. The van der Waals surface area contributed by atoms with Gasteiger partial charge in [0.05, 0.1) is 11.6 Å². The van der Waals surface area contributed by atoms with Crippen LogP contribution in [0.25, 0.3) is 0 Å². The Balaban J connectivity index is 0.000000532. The van der Waals surface area contributed by atoms with E-state index in [4.69, 9.17) is 10.3 Å². The molecule has 0 aromatic heterocycles. The first-order valence-corrected chi connectivity index (χ1v) is 16.2. The fourth-order valence-electron chi connectivity index (χ4n) is 5.26. The number of aliphatic imine (C=N–C) groups is 1. The fraction of sp³-hybridized carbons (Fsp3) is 0.595. The van der Waals surface area contributed by atoms with Crippen molar-refractivity contribution < 1.29 is 4.79 Å². The summed E-state index contributed by atoms with van der Waals surface area (Å²) in [5.41, 5.74) is 7.18. The Labute approximate surface area is 258 Å². The zero-order chi connectivity index (χ0) is 31.5. The van der Waals surface area contributed by atoms with Gasteiger partial charge in [0.2, 0.25) is 5.91 Å². The summed E-state index contributed by atoms with van der Waals surface area (Å²) < 4.78 is 0. The standard InChI is InChI=1S/C24H39N3O.C13H19N/c1-7-9-13-25-19(5)23(22(8-2)21-11-10-12-21)20(6)26-14-16-27(17-15-26)24(28)18(3)4;1-4-6-7-9-13(11-14)10-12(3)8-5-2/h8-9,13,18,21H,7,10-12,14-17H2,1-6H3;6-7,9-10H,4-5,8H2,1-3H3/b13-9+,22-8-,23-20-,25-19+;7-6+,12-10+,13-9+. The maximum absolute atomic E-state index is 12.3. The summed E-state index contributed by atoms with van der Waals surface area (Å²) >= 11 is 0. The third-order valence-electron chi connectivity index (χ3n) is 7.86. The van der Waals surface area contributed by atoms with Crippen molar-refractivity contribution >= 4 is 11.6 Å². The predicted octanol–water partition coefficient (Wildman–Crippen LogP) is 9.34. The van der Waals surface area contributed by atoms with Crippen LogP contribution in [-0.4, -0.2) is 47.6 Å². The van der Waals surface area contributed by atoms with Crippen LogP contribution in [-0.2, 0) is 4.79 Å². The van der Waals surface area contributed by atoms with Gasteiger partial charge in [0.25, 0.3) is 0 Å². The van der Waals surface area contributed by atoms with Crippen molar-refractivity contribution in [3.8, 4) is 6.07 Å². The first-order valence-electron chi connectivity index (χ1n) is 16.2. The lowest BCUT2D eigenvalue weighted by atomic mass is 9.75. The molecule has 1 heterocycles. The largest absolute Gasteiger partial charge is 0.371 e. The molecule has 0 N–H and O–H groups in total. The molecule has 1 aliphatic carbocycles. The molecule has 1 amide bonds. The van der Waals surface area contributed by atoms with Gasteiger partial charge >= 0.3 is 0 Å². The molecule has 2 rings (SSSR count). The SMILES string of the molecule is CC/C=C/C=C(C#N)\C=C(/C)CCC.C\C=C(C(/C(C)=N/C=C/CC)=C(/C)N1CCN(C(=O)C(C)C)CC1)\C1CCC1. The van der Waals surface area contributed by atoms with Crippen molar-refractivity contribution in [1.82, 2.24) is 9.80 Å². The summed E-state index contributed by atoms with van der Waals surface area (Å²) in [6, 6.07) is 2.18. The van der Waals surface area contributed by atoms with Crippen molar-refractivity contribution in [1.29, 1.82) is 5.26 Å². The molecular formula is C37H58N4O. The molecule has 0 atom stereocenters. The second-order valence-corrected chi connectivity index (χ2v) is 11.6. The Bertz CT molecular complexity index is 1100. The topological polar surface area (TPSA) is 59.7 Å². The van der Waals surface area contributed by atoms with E-state index in [1.54, 1.807) is 0 Å². The third kappa shape index (κ3) is 12.4. The van der Waals surface area contributed by atoms with E-state index in [-0.39, 0.29) is 11.8 Å². The second kappa shape index (κ2) is 20.7. The smallest absolute Gasteiger partial charge is 0.225 e. The van der Waals surface area contributed by atoms with Crippen LogP contribution in [0.1, 0.15) is 107 Å². The molecule has 0 radical (unpaired) electrons. The van der Waals surface area contributed by atoms with Gasteiger partial charge in [0.1, 0.15) is 0 Å². The number of amides is 1. The summed E-state index contributed by atoms with van der Waals surface area (Å²) in [4.78, 5) is 21.5. The molecule has 1 saturated heterocycles. The van der Waals surface area contributed by atoms with Gasteiger partial charge in [-0.3, -0.25) is 9.79 Å². The van der Waals surface area contributed by atoms with Crippen molar-refractivity contribution in [3.05, 3.63) is 70.6 Å². The molecular weight excluding hydrogens is 516 g/mol. The van der Waals surface area contributed by atoms with Gasteiger partial charge in [-0.2, -0.15) is 5.26 Å². The van der Waals surface area contributed by atoms with Gasteiger partial charge in [-0.15, -0.1) is 0 Å². The van der Waals surface area contributed by atoms with E-state index in [1.165, 1.54) is 41.7 Å². The summed E-state index contributed by atoms with van der Waals surface area (Å²) in [6.07, 6.45) is 22.2. The molecule has 5 heteroatoms. The molecule has 0 aromatic rings. The van der Waals surface area contributed by atoms with E-state index in [9.17, 15) is 4.79 Å². The number of hydrogen-bond donors (Lipinski definition) is 0. The third-order valence-corrected chi connectivity index (χ3v) is 7.86. The number of piperazine rings is 1.